The van der Waals surface area contributed by atoms with Crippen LogP contribution in [0.5, 0.6) is 5.75 Å². The second-order valence-corrected chi connectivity index (χ2v) is 4.17. The van der Waals surface area contributed by atoms with Crippen LogP contribution < -0.4 is 15.4 Å². The minimum absolute atomic E-state index is 0.142. The van der Waals surface area contributed by atoms with Gasteiger partial charge in [-0.25, -0.2) is 4.98 Å². The number of H-pyrrole nitrogens is 1. The summed E-state index contributed by atoms with van der Waals surface area (Å²) < 4.78 is 5.39. The fraction of sp³-hybridized carbons (Fsp3) is 0.231. The Hall–Kier alpha value is -2.50. The number of nitrogens with one attached hydrogen (secondary N) is 3. The van der Waals surface area contributed by atoms with Crippen LogP contribution in [-0.2, 0) is 0 Å². The van der Waals surface area contributed by atoms with E-state index in [-0.39, 0.29) is 12.1 Å². The number of hydrogen-bond donors (Lipinski definition) is 3. The first kappa shape index (κ1) is 11.6. The highest BCUT2D eigenvalue weighted by molar-refractivity contribution is 6.02. The highest BCUT2D eigenvalue weighted by Crippen LogP contribution is 2.28. The standard InChI is InChI=1S/C13H14N4O2/c1-2-19-8-3-4-10-9(7-8)13(18)17-12(16-10)11-14-5-6-15-11/h3-7,12,16H,2H2,1H3,(H,14,15)(H,17,18)/t12-/m1/s1. The lowest BCUT2D eigenvalue weighted by molar-refractivity contribution is 0.0933. The zero-order chi connectivity index (χ0) is 13.2. The minimum Gasteiger partial charge on any atom is -0.494 e. The van der Waals surface area contributed by atoms with Crippen molar-refractivity contribution in [3.63, 3.8) is 0 Å². The normalized spacial score (nSPS) is 17.3. The zero-order valence-corrected chi connectivity index (χ0v) is 10.4. The Labute approximate surface area is 110 Å². The Morgan fingerprint density at radius 1 is 1.37 bits per heavy atom. The van der Waals surface area contributed by atoms with Gasteiger partial charge in [0, 0.05) is 18.1 Å². The molecule has 6 nitrogen and oxygen atoms in total. The summed E-state index contributed by atoms with van der Waals surface area (Å²) in [5.74, 6) is 1.22. The lowest BCUT2D eigenvalue weighted by Gasteiger charge is -2.26. The number of ether oxygens (including phenoxy) is 1. The predicted octanol–water partition coefficient (Wildman–Crippen LogP) is 1.66. The molecule has 0 fully saturated rings. The van der Waals surface area contributed by atoms with Gasteiger partial charge in [-0.2, -0.15) is 0 Å². The van der Waals surface area contributed by atoms with Crippen molar-refractivity contribution in [1.82, 2.24) is 15.3 Å². The first-order chi connectivity index (χ1) is 9.28. The van der Waals surface area contributed by atoms with Crippen molar-refractivity contribution >= 4 is 11.6 Å². The number of hydrogen-bond acceptors (Lipinski definition) is 4. The van der Waals surface area contributed by atoms with E-state index in [2.05, 4.69) is 20.6 Å². The number of benzene rings is 1. The molecule has 0 unspecified atom stereocenters. The van der Waals surface area contributed by atoms with Crippen LogP contribution in [0.25, 0.3) is 0 Å². The number of carbonyl (C=O) groups is 1. The third-order valence-corrected chi connectivity index (χ3v) is 2.91. The number of aromatic nitrogens is 2. The average Bonchev–Trinajstić information content (AvgIpc) is 2.93. The third-order valence-electron chi connectivity index (χ3n) is 2.91. The van der Waals surface area contributed by atoms with Crippen molar-refractivity contribution < 1.29 is 9.53 Å². The Balaban J connectivity index is 1.91. The van der Waals surface area contributed by atoms with E-state index in [0.717, 1.165) is 5.69 Å². The molecule has 98 valence electrons. The SMILES string of the molecule is CCOc1ccc2c(c1)C(=O)N[C@H](c1ncc[nH]1)N2. The molecule has 1 aromatic heterocycles. The summed E-state index contributed by atoms with van der Waals surface area (Å²) in [6.45, 7) is 2.48. The second-order valence-electron chi connectivity index (χ2n) is 4.17. The number of rotatable bonds is 3. The maximum Gasteiger partial charge on any atom is 0.255 e. The Morgan fingerprint density at radius 3 is 3.00 bits per heavy atom. The summed E-state index contributed by atoms with van der Waals surface area (Å²) in [6.07, 6.45) is 3.03. The van der Waals surface area contributed by atoms with E-state index < -0.39 is 0 Å². The van der Waals surface area contributed by atoms with Crippen LogP contribution in [0.4, 0.5) is 5.69 Å². The monoisotopic (exact) mass is 258 g/mol. The highest BCUT2D eigenvalue weighted by Gasteiger charge is 2.26. The van der Waals surface area contributed by atoms with Gasteiger partial charge in [-0.1, -0.05) is 0 Å². The summed E-state index contributed by atoms with van der Waals surface area (Å²) in [5, 5.41) is 6.06. The van der Waals surface area contributed by atoms with Crippen LogP contribution in [0.15, 0.2) is 30.6 Å². The summed E-state index contributed by atoms with van der Waals surface area (Å²) in [4.78, 5) is 19.2. The number of anilines is 1. The first-order valence-corrected chi connectivity index (χ1v) is 6.11. The summed E-state index contributed by atoms with van der Waals surface area (Å²) in [6, 6.07) is 5.42. The maximum absolute atomic E-state index is 12.1. The van der Waals surface area contributed by atoms with Crippen LogP contribution >= 0.6 is 0 Å². The number of nitrogens with zero attached hydrogens (tertiary/aromatic N) is 1. The topological polar surface area (TPSA) is 79.0 Å². The quantitative estimate of drug-likeness (QED) is 0.782. The largest absolute Gasteiger partial charge is 0.494 e. The van der Waals surface area contributed by atoms with E-state index in [0.29, 0.717) is 23.7 Å². The van der Waals surface area contributed by atoms with E-state index in [9.17, 15) is 4.79 Å². The van der Waals surface area contributed by atoms with E-state index in [1.54, 1.807) is 18.5 Å². The molecule has 19 heavy (non-hydrogen) atoms. The lowest BCUT2D eigenvalue weighted by Crippen LogP contribution is -2.39. The van der Waals surface area contributed by atoms with Gasteiger partial charge in [0.15, 0.2) is 6.17 Å². The van der Waals surface area contributed by atoms with Crippen molar-refractivity contribution in [3.8, 4) is 5.75 Å². The molecule has 2 aromatic rings. The first-order valence-electron chi connectivity index (χ1n) is 6.11. The molecule has 6 heteroatoms. The Bertz CT molecular complexity index is 595. The van der Waals surface area contributed by atoms with Gasteiger partial charge in [0.2, 0.25) is 0 Å². The zero-order valence-electron chi connectivity index (χ0n) is 10.4. The molecule has 1 aromatic carbocycles. The summed E-state index contributed by atoms with van der Waals surface area (Å²) in [5.41, 5.74) is 1.35. The molecule has 0 aliphatic carbocycles. The number of aromatic amines is 1. The Kier molecular flexibility index (Phi) is 2.83. The van der Waals surface area contributed by atoms with Gasteiger partial charge >= 0.3 is 0 Å². The van der Waals surface area contributed by atoms with Gasteiger partial charge in [0.25, 0.3) is 5.91 Å². The van der Waals surface area contributed by atoms with Gasteiger partial charge in [0.1, 0.15) is 11.6 Å². The molecule has 3 N–H and O–H groups in total. The lowest BCUT2D eigenvalue weighted by atomic mass is 10.1. The van der Waals surface area contributed by atoms with Gasteiger partial charge in [-0.05, 0) is 25.1 Å². The molecule has 0 bridgehead atoms. The van der Waals surface area contributed by atoms with E-state index >= 15 is 0 Å². The summed E-state index contributed by atoms with van der Waals surface area (Å²) >= 11 is 0. The van der Waals surface area contributed by atoms with Crippen molar-refractivity contribution in [2.45, 2.75) is 13.1 Å². The van der Waals surface area contributed by atoms with Crippen LogP contribution in [0.2, 0.25) is 0 Å². The molecule has 0 saturated heterocycles. The molecule has 0 saturated carbocycles. The molecule has 0 radical (unpaired) electrons. The molecular weight excluding hydrogens is 244 g/mol. The second kappa shape index (κ2) is 4.64. The molecular formula is C13H14N4O2. The number of amides is 1. The molecule has 3 rings (SSSR count). The molecule has 1 atom stereocenters. The maximum atomic E-state index is 12.1. The molecule has 1 amide bonds. The number of fused-ring (bicyclic) bond motifs is 1. The van der Waals surface area contributed by atoms with Gasteiger partial charge in [0.05, 0.1) is 12.2 Å². The van der Waals surface area contributed by atoms with Crippen molar-refractivity contribution in [3.05, 3.63) is 42.0 Å². The Morgan fingerprint density at radius 2 is 2.26 bits per heavy atom. The number of carbonyl (C=O) groups excluding carboxylic acids is 1. The molecule has 0 spiro atoms. The molecule has 1 aliphatic heterocycles. The van der Waals surface area contributed by atoms with Gasteiger partial charge < -0.3 is 20.4 Å². The van der Waals surface area contributed by atoms with Crippen molar-refractivity contribution in [1.29, 1.82) is 0 Å². The fourth-order valence-corrected chi connectivity index (χ4v) is 2.07. The molecule has 2 heterocycles. The number of imidazole rings is 1. The van der Waals surface area contributed by atoms with Crippen molar-refractivity contribution in [2.24, 2.45) is 0 Å². The van der Waals surface area contributed by atoms with Crippen LogP contribution in [0, 0.1) is 0 Å². The van der Waals surface area contributed by atoms with E-state index in [1.165, 1.54) is 0 Å². The van der Waals surface area contributed by atoms with Crippen LogP contribution in [0.1, 0.15) is 29.3 Å². The highest BCUT2D eigenvalue weighted by atomic mass is 16.5. The van der Waals surface area contributed by atoms with E-state index in [4.69, 9.17) is 4.74 Å². The van der Waals surface area contributed by atoms with Gasteiger partial charge in [-0.15, -0.1) is 0 Å². The van der Waals surface area contributed by atoms with Crippen LogP contribution in [-0.4, -0.2) is 22.5 Å². The average molecular weight is 258 g/mol. The minimum atomic E-state index is -0.340. The van der Waals surface area contributed by atoms with Gasteiger partial charge in [-0.3, -0.25) is 4.79 Å². The van der Waals surface area contributed by atoms with Crippen molar-refractivity contribution in [2.75, 3.05) is 11.9 Å². The van der Waals surface area contributed by atoms with Crippen LogP contribution in [0.3, 0.4) is 0 Å². The predicted molar refractivity (Wildman–Crippen MR) is 70.0 cm³/mol. The molecule has 1 aliphatic rings. The fourth-order valence-electron chi connectivity index (χ4n) is 2.07. The van der Waals surface area contributed by atoms with E-state index in [1.807, 2.05) is 19.1 Å². The third kappa shape index (κ3) is 2.12. The summed E-state index contributed by atoms with van der Waals surface area (Å²) in [7, 11) is 0. The smallest absolute Gasteiger partial charge is 0.255 e.